The van der Waals surface area contributed by atoms with Crippen LogP contribution >= 0.6 is 11.6 Å². The van der Waals surface area contributed by atoms with Crippen LogP contribution in [-0.4, -0.2) is 15.8 Å². The van der Waals surface area contributed by atoms with Gasteiger partial charge in [-0.3, -0.25) is 4.79 Å². The number of ketones is 1. The number of aromatic nitrogens is 2. The zero-order valence-corrected chi connectivity index (χ0v) is 15.7. The van der Waals surface area contributed by atoms with Gasteiger partial charge in [-0.2, -0.15) is 4.98 Å². The lowest BCUT2D eigenvalue weighted by molar-refractivity contribution is 0.0972. The van der Waals surface area contributed by atoms with Crippen molar-refractivity contribution >= 4 is 40.5 Å². The minimum absolute atomic E-state index is 0.0721. The highest BCUT2D eigenvalue weighted by molar-refractivity contribution is 6.30. The summed E-state index contributed by atoms with van der Waals surface area (Å²) in [6, 6.07) is 15.3. The molecule has 0 atom stereocenters. The summed E-state index contributed by atoms with van der Waals surface area (Å²) >= 11 is 6.08. The minimum Gasteiger partial charge on any atom is -0.339 e. The highest BCUT2D eigenvalue weighted by Crippen LogP contribution is 2.30. The summed E-state index contributed by atoms with van der Waals surface area (Å²) in [5, 5.41) is 7.11. The molecule has 0 amide bonds. The molecule has 0 saturated heterocycles. The van der Waals surface area contributed by atoms with Crippen molar-refractivity contribution in [1.29, 1.82) is 0 Å². The summed E-state index contributed by atoms with van der Waals surface area (Å²) in [5.41, 5.74) is 4.19. The molecule has 0 fully saturated rings. The molecule has 6 heteroatoms. The van der Waals surface area contributed by atoms with E-state index in [2.05, 4.69) is 20.6 Å². The first-order valence-electron chi connectivity index (χ1n) is 8.89. The number of hydrogen-bond acceptors (Lipinski definition) is 5. The van der Waals surface area contributed by atoms with E-state index in [-0.39, 0.29) is 5.78 Å². The van der Waals surface area contributed by atoms with E-state index in [1.165, 1.54) is 0 Å². The van der Waals surface area contributed by atoms with Crippen LogP contribution in [0.1, 0.15) is 34.5 Å². The fraction of sp³-hybridized carbons (Fsp3) is 0.190. The molecule has 1 aliphatic rings. The normalized spacial score (nSPS) is 13.2. The van der Waals surface area contributed by atoms with Gasteiger partial charge in [0.2, 0.25) is 5.95 Å². The summed E-state index contributed by atoms with van der Waals surface area (Å²) in [5.74, 6) is 1.06. The average Bonchev–Trinajstić information content (AvgIpc) is 2.61. The van der Waals surface area contributed by atoms with Gasteiger partial charge in [-0.05, 0) is 55.7 Å². The maximum absolute atomic E-state index is 12.5. The van der Waals surface area contributed by atoms with Crippen molar-refractivity contribution < 1.29 is 4.79 Å². The van der Waals surface area contributed by atoms with Crippen molar-refractivity contribution in [3.05, 3.63) is 70.4 Å². The Labute approximate surface area is 162 Å². The molecule has 2 N–H and O–H groups in total. The number of hydrogen-bond donors (Lipinski definition) is 2. The van der Waals surface area contributed by atoms with Crippen molar-refractivity contribution in [2.45, 2.75) is 26.2 Å². The molecular weight excluding hydrogens is 360 g/mol. The number of carbonyl (C=O) groups is 1. The first kappa shape index (κ1) is 17.5. The smallest absolute Gasteiger partial charge is 0.229 e. The van der Waals surface area contributed by atoms with Crippen LogP contribution in [0.5, 0.6) is 0 Å². The third kappa shape index (κ3) is 3.93. The number of Topliss-reactive ketones (excluding diaryl/α,β-unsaturated/α-hetero) is 1. The predicted molar refractivity (Wildman–Crippen MR) is 108 cm³/mol. The molecule has 1 heterocycles. The topological polar surface area (TPSA) is 66.9 Å². The molecule has 0 unspecified atom stereocenters. The van der Waals surface area contributed by atoms with E-state index in [0.29, 0.717) is 28.8 Å². The highest BCUT2D eigenvalue weighted by Gasteiger charge is 2.24. The monoisotopic (exact) mass is 378 g/mol. The molecule has 1 aliphatic carbocycles. The third-order valence-corrected chi connectivity index (χ3v) is 4.68. The van der Waals surface area contributed by atoms with E-state index in [4.69, 9.17) is 11.6 Å². The van der Waals surface area contributed by atoms with Gasteiger partial charge in [0, 0.05) is 22.8 Å². The maximum Gasteiger partial charge on any atom is 0.229 e. The molecule has 0 saturated carbocycles. The number of halogens is 1. The van der Waals surface area contributed by atoms with Gasteiger partial charge in [0.15, 0.2) is 5.78 Å². The number of nitrogens with zero attached hydrogens (tertiary/aromatic N) is 2. The van der Waals surface area contributed by atoms with Gasteiger partial charge >= 0.3 is 0 Å². The zero-order valence-electron chi connectivity index (χ0n) is 14.9. The van der Waals surface area contributed by atoms with Gasteiger partial charge < -0.3 is 10.6 Å². The Morgan fingerprint density at radius 2 is 1.74 bits per heavy atom. The van der Waals surface area contributed by atoms with Gasteiger partial charge in [0.1, 0.15) is 5.82 Å². The van der Waals surface area contributed by atoms with Crippen molar-refractivity contribution in [2.24, 2.45) is 0 Å². The molecule has 0 spiro atoms. The van der Waals surface area contributed by atoms with Gasteiger partial charge in [0.25, 0.3) is 0 Å². The van der Waals surface area contributed by atoms with Crippen LogP contribution in [0.4, 0.5) is 23.1 Å². The number of carbonyl (C=O) groups excluding carboxylic acids is 1. The molecule has 4 rings (SSSR count). The van der Waals surface area contributed by atoms with E-state index >= 15 is 0 Å². The maximum atomic E-state index is 12.5. The summed E-state index contributed by atoms with van der Waals surface area (Å²) in [6.07, 6.45) is 2.09. The van der Waals surface area contributed by atoms with Crippen LogP contribution in [0.15, 0.2) is 48.5 Å². The van der Waals surface area contributed by atoms with Crippen LogP contribution in [0, 0.1) is 6.92 Å². The number of benzene rings is 2. The molecule has 1 aromatic heterocycles. The third-order valence-electron chi connectivity index (χ3n) is 4.44. The number of anilines is 4. The highest BCUT2D eigenvalue weighted by atomic mass is 35.5. The fourth-order valence-electron chi connectivity index (χ4n) is 3.22. The molecule has 3 aromatic rings. The van der Waals surface area contributed by atoms with Gasteiger partial charge in [-0.15, -0.1) is 0 Å². The number of nitrogens with one attached hydrogen (secondary N) is 2. The molecular formula is C21H19ClN4O. The predicted octanol–water partition coefficient (Wildman–Crippen LogP) is 5.44. The Morgan fingerprint density at radius 1 is 0.963 bits per heavy atom. The average molecular weight is 379 g/mol. The van der Waals surface area contributed by atoms with E-state index in [9.17, 15) is 4.79 Å². The second-order valence-corrected chi connectivity index (χ2v) is 7.06. The Kier molecular flexibility index (Phi) is 4.77. The van der Waals surface area contributed by atoms with Gasteiger partial charge in [-0.1, -0.05) is 29.8 Å². The first-order chi connectivity index (χ1) is 13.1. The lowest BCUT2D eigenvalue weighted by Crippen LogP contribution is -2.17. The van der Waals surface area contributed by atoms with E-state index in [0.717, 1.165) is 35.5 Å². The van der Waals surface area contributed by atoms with Gasteiger partial charge in [-0.25, -0.2) is 4.98 Å². The van der Waals surface area contributed by atoms with Crippen LogP contribution in [0.3, 0.4) is 0 Å². The molecule has 136 valence electrons. The second-order valence-electron chi connectivity index (χ2n) is 6.62. The molecule has 0 radical (unpaired) electrons. The van der Waals surface area contributed by atoms with E-state index in [1.807, 2.05) is 43.3 Å². The van der Waals surface area contributed by atoms with Crippen LogP contribution in [-0.2, 0) is 6.42 Å². The number of rotatable bonds is 4. The minimum atomic E-state index is 0.0721. The lowest BCUT2D eigenvalue weighted by Gasteiger charge is -2.19. The summed E-state index contributed by atoms with van der Waals surface area (Å²) in [4.78, 5) is 21.7. The lowest BCUT2D eigenvalue weighted by atomic mass is 9.95. The van der Waals surface area contributed by atoms with E-state index in [1.54, 1.807) is 12.1 Å². The quantitative estimate of drug-likeness (QED) is 0.632. The Morgan fingerprint density at radius 3 is 2.52 bits per heavy atom. The zero-order chi connectivity index (χ0) is 18.8. The summed E-state index contributed by atoms with van der Waals surface area (Å²) in [6.45, 7) is 2.03. The molecule has 27 heavy (non-hydrogen) atoms. The molecule has 0 aliphatic heterocycles. The largest absolute Gasteiger partial charge is 0.339 e. The standard InChI is InChI=1S/C21H19ClN4O/c1-13-5-2-7-15(11-13)24-21-25-17-9-4-10-18(27)19(17)20(26-21)23-16-8-3-6-14(22)12-16/h2-3,5-8,11-12H,4,9-10H2,1H3,(H2,23,24,25,26). The van der Waals surface area contributed by atoms with Gasteiger partial charge in [0.05, 0.1) is 11.3 Å². The van der Waals surface area contributed by atoms with Crippen molar-refractivity contribution in [2.75, 3.05) is 10.6 Å². The number of aryl methyl sites for hydroxylation is 2. The van der Waals surface area contributed by atoms with E-state index < -0.39 is 0 Å². The van der Waals surface area contributed by atoms with Crippen LogP contribution in [0.2, 0.25) is 5.02 Å². The molecule has 5 nitrogen and oxygen atoms in total. The Balaban J connectivity index is 1.74. The fourth-order valence-corrected chi connectivity index (χ4v) is 3.41. The van der Waals surface area contributed by atoms with Crippen molar-refractivity contribution in [3.63, 3.8) is 0 Å². The summed E-state index contributed by atoms with van der Waals surface area (Å²) in [7, 11) is 0. The SMILES string of the molecule is Cc1cccc(Nc2nc3c(c(Nc4cccc(Cl)c4)n2)C(=O)CCC3)c1. The Bertz CT molecular complexity index is 1020. The summed E-state index contributed by atoms with van der Waals surface area (Å²) < 4.78 is 0. The van der Waals surface area contributed by atoms with Crippen LogP contribution < -0.4 is 10.6 Å². The van der Waals surface area contributed by atoms with Crippen LogP contribution in [0.25, 0.3) is 0 Å². The molecule has 2 aromatic carbocycles. The first-order valence-corrected chi connectivity index (χ1v) is 9.27. The van der Waals surface area contributed by atoms with Crippen molar-refractivity contribution in [3.8, 4) is 0 Å². The molecule has 0 bridgehead atoms. The van der Waals surface area contributed by atoms with Crippen molar-refractivity contribution in [1.82, 2.24) is 9.97 Å². The second kappa shape index (κ2) is 7.37. The number of fused-ring (bicyclic) bond motifs is 1. The Hall–Kier alpha value is -2.92.